The van der Waals surface area contributed by atoms with E-state index in [1.54, 1.807) is 13.2 Å². The van der Waals surface area contributed by atoms with E-state index >= 15 is 0 Å². The number of para-hydroxylation sites is 1. The molecule has 112 valence electrons. The maximum Gasteiger partial charge on any atom is 0.128 e. The van der Waals surface area contributed by atoms with E-state index in [1.807, 2.05) is 42.3 Å². The molecule has 2 aromatic carbocycles. The Morgan fingerprint density at radius 2 is 1.90 bits per heavy atom. The molecular formula is C17H21FN2O. The van der Waals surface area contributed by atoms with Crippen molar-refractivity contribution in [3.8, 4) is 5.75 Å². The average molecular weight is 288 g/mol. The second-order valence-corrected chi connectivity index (χ2v) is 4.94. The highest BCUT2D eigenvalue weighted by Gasteiger charge is 2.13. The quantitative estimate of drug-likeness (QED) is 0.888. The largest absolute Gasteiger partial charge is 0.496 e. The predicted molar refractivity (Wildman–Crippen MR) is 84.3 cm³/mol. The molecule has 2 N–H and O–H groups in total. The lowest BCUT2D eigenvalue weighted by molar-refractivity contribution is 0.409. The first-order valence-electron chi connectivity index (χ1n) is 6.98. The van der Waals surface area contributed by atoms with Crippen molar-refractivity contribution in [2.75, 3.05) is 25.6 Å². The van der Waals surface area contributed by atoms with Crippen LogP contribution in [0.5, 0.6) is 5.75 Å². The van der Waals surface area contributed by atoms with Crippen LogP contribution in [0.3, 0.4) is 0 Å². The molecule has 0 radical (unpaired) electrons. The second kappa shape index (κ2) is 7.09. The van der Waals surface area contributed by atoms with E-state index in [1.165, 1.54) is 6.07 Å². The molecule has 2 rings (SSSR count). The first kappa shape index (κ1) is 15.3. The Kier molecular flexibility index (Phi) is 5.17. The zero-order valence-electron chi connectivity index (χ0n) is 12.5. The Morgan fingerprint density at radius 1 is 1.14 bits per heavy atom. The summed E-state index contributed by atoms with van der Waals surface area (Å²) in [5, 5.41) is 0. The number of nitrogens with two attached hydrogens (primary N) is 1. The molecule has 0 atom stereocenters. The van der Waals surface area contributed by atoms with Crippen molar-refractivity contribution in [3.05, 3.63) is 59.4 Å². The number of hydrogen-bond donors (Lipinski definition) is 1. The van der Waals surface area contributed by atoms with Crippen LogP contribution in [0.1, 0.15) is 11.1 Å². The average Bonchev–Trinajstić information content (AvgIpc) is 2.50. The molecule has 0 heterocycles. The molecule has 21 heavy (non-hydrogen) atoms. The fourth-order valence-electron chi connectivity index (χ4n) is 2.47. The molecule has 0 aliphatic carbocycles. The first-order chi connectivity index (χ1) is 10.2. The summed E-state index contributed by atoms with van der Waals surface area (Å²) < 4.78 is 19.3. The summed E-state index contributed by atoms with van der Waals surface area (Å²) in [4.78, 5) is 2.02. The predicted octanol–water partition coefficient (Wildman–Crippen LogP) is 2.97. The molecular weight excluding hydrogens is 267 g/mol. The molecule has 0 aliphatic rings. The van der Waals surface area contributed by atoms with Gasteiger partial charge >= 0.3 is 0 Å². The van der Waals surface area contributed by atoms with Crippen molar-refractivity contribution in [3.63, 3.8) is 0 Å². The van der Waals surface area contributed by atoms with Gasteiger partial charge in [0.05, 0.1) is 7.11 Å². The third-order valence-corrected chi connectivity index (χ3v) is 3.50. The van der Waals surface area contributed by atoms with Crippen molar-refractivity contribution < 1.29 is 9.13 Å². The number of halogens is 1. The molecule has 0 saturated heterocycles. The number of benzene rings is 2. The van der Waals surface area contributed by atoms with Crippen LogP contribution in [0, 0.1) is 5.82 Å². The number of anilines is 1. The third kappa shape index (κ3) is 3.52. The van der Waals surface area contributed by atoms with Gasteiger partial charge in [-0.1, -0.05) is 24.3 Å². The van der Waals surface area contributed by atoms with Gasteiger partial charge in [-0.05, 0) is 31.2 Å². The molecule has 0 spiro atoms. The minimum Gasteiger partial charge on any atom is -0.496 e. The number of methoxy groups -OCH3 is 1. The molecule has 2 aromatic rings. The van der Waals surface area contributed by atoms with Gasteiger partial charge in [0, 0.05) is 30.4 Å². The molecule has 0 unspecified atom stereocenters. The Balaban J connectivity index is 2.28. The molecule has 3 nitrogen and oxygen atoms in total. The summed E-state index contributed by atoms with van der Waals surface area (Å²) in [7, 11) is 3.60. The number of rotatable bonds is 6. The smallest absolute Gasteiger partial charge is 0.128 e. The standard InChI is InChI=1S/C17H21FN2O/c1-20(12-13-6-3-4-9-17(13)21-2)16-8-5-7-15(18)14(16)10-11-19/h3-9H,10-12,19H2,1-2H3. The summed E-state index contributed by atoms with van der Waals surface area (Å²) in [6.45, 7) is 1.07. The molecule has 0 amide bonds. The fraction of sp³-hybridized carbons (Fsp3) is 0.294. The highest BCUT2D eigenvalue weighted by atomic mass is 19.1. The van der Waals surface area contributed by atoms with Gasteiger partial charge in [0.2, 0.25) is 0 Å². The van der Waals surface area contributed by atoms with E-state index < -0.39 is 0 Å². The molecule has 4 heteroatoms. The topological polar surface area (TPSA) is 38.5 Å². The zero-order valence-corrected chi connectivity index (χ0v) is 12.5. The third-order valence-electron chi connectivity index (χ3n) is 3.50. The van der Waals surface area contributed by atoms with Crippen LogP contribution < -0.4 is 15.4 Å². The van der Waals surface area contributed by atoms with Crippen LogP contribution in [0.2, 0.25) is 0 Å². The molecule has 0 fully saturated rings. The monoisotopic (exact) mass is 288 g/mol. The van der Waals surface area contributed by atoms with Gasteiger partial charge in [0.1, 0.15) is 11.6 Å². The summed E-state index contributed by atoms with van der Waals surface area (Å²) in [6, 6.07) is 13.0. The normalized spacial score (nSPS) is 10.5. The fourth-order valence-corrected chi connectivity index (χ4v) is 2.47. The van der Waals surface area contributed by atoms with Crippen molar-refractivity contribution in [1.82, 2.24) is 0 Å². The van der Waals surface area contributed by atoms with E-state index in [0.29, 0.717) is 25.1 Å². The first-order valence-corrected chi connectivity index (χ1v) is 6.98. The van der Waals surface area contributed by atoms with Crippen LogP contribution >= 0.6 is 0 Å². The number of ether oxygens (including phenoxy) is 1. The maximum absolute atomic E-state index is 14.0. The van der Waals surface area contributed by atoms with Gasteiger partial charge < -0.3 is 15.4 Å². The van der Waals surface area contributed by atoms with Crippen molar-refractivity contribution >= 4 is 5.69 Å². The summed E-state index contributed by atoms with van der Waals surface area (Å²) in [5.41, 5.74) is 8.18. The lowest BCUT2D eigenvalue weighted by atomic mass is 10.1. The van der Waals surface area contributed by atoms with Gasteiger partial charge in [-0.15, -0.1) is 0 Å². The minimum absolute atomic E-state index is 0.204. The van der Waals surface area contributed by atoms with E-state index in [-0.39, 0.29) is 5.82 Å². The van der Waals surface area contributed by atoms with Gasteiger partial charge in [-0.3, -0.25) is 0 Å². The number of nitrogens with zero attached hydrogens (tertiary/aromatic N) is 1. The van der Waals surface area contributed by atoms with E-state index in [2.05, 4.69) is 0 Å². The zero-order chi connectivity index (χ0) is 15.2. The summed E-state index contributed by atoms with van der Waals surface area (Å²) in [5.74, 6) is 0.631. The maximum atomic E-state index is 14.0. The highest BCUT2D eigenvalue weighted by molar-refractivity contribution is 5.54. The highest BCUT2D eigenvalue weighted by Crippen LogP contribution is 2.26. The summed E-state index contributed by atoms with van der Waals surface area (Å²) >= 11 is 0. The van der Waals surface area contributed by atoms with E-state index in [0.717, 1.165) is 17.0 Å². The Bertz CT molecular complexity index is 601. The van der Waals surface area contributed by atoms with Crippen LogP contribution in [0.25, 0.3) is 0 Å². The van der Waals surface area contributed by atoms with Gasteiger partial charge in [-0.25, -0.2) is 4.39 Å². The van der Waals surface area contributed by atoms with Gasteiger partial charge in [0.15, 0.2) is 0 Å². The van der Waals surface area contributed by atoms with Crippen molar-refractivity contribution in [2.45, 2.75) is 13.0 Å². The lowest BCUT2D eigenvalue weighted by Gasteiger charge is -2.23. The molecule has 0 saturated carbocycles. The van der Waals surface area contributed by atoms with Crippen LogP contribution in [-0.4, -0.2) is 20.7 Å². The van der Waals surface area contributed by atoms with Crippen LogP contribution in [0.15, 0.2) is 42.5 Å². The SMILES string of the molecule is COc1ccccc1CN(C)c1cccc(F)c1CCN. The molecule has 0 aromatic heterocycles. The minimum atomic E-state index is -0.204. The Labute approximate surface area is 125 Å². The lowest BCUT2D eigenvalue weighted by Crippen LogP contribution is -2.20. The summed E-state index contributed by atoms with van der Waals surface area (Å²) in [6.07, 6.45) is 0.526. The van der Waals surface area contributed by atoms with Crippen molar-refractivity contribution in [1.29, 1.82) is 0 Å². The second-order valence-electron chi connectivity index (χ2n) is 4.94. The van der Waals surface area contributed by atoms with E-state index in [9.17, 15) is 4.39 Å². The van der Waals surface area contributed by atoms with Crippen LogP contribution in [-0.2, 0) is 13.0 Å². The van der Waals surface area contributed by atoms with E-state index in [4.69, 9.17) is 10.5 Å². The van der Waals surface area contributed by atoms with Crippen LogP contribution in [0.4, 0.5) is 10.1 Å². The van der Waals surface area contributed by atoms with Gasteiger partial charge in [-0.2, -0.15) is 0 Å². The molecule has 0 aliphatic heterocycles. The number of hydrogen-bond acceptors (Lipinski definition) is 3. The Hall–Kier alpha value is -2.07. The van der Waals surface area contributed by atoms with Gasteiger partial charge in [0.25, 0.3) is 0 Å². The molecule has 0 bridgehead atoms. The van der Waals surface area contributed by atoms with Crippen molar-refractivity contribution in [2.24, 2.45) is 5.73 Å². The Morgan fingerprint density at radius 3 is 2.62 bits per heavy atom.